The van der Waals surface area contributed by atoms with Crippen molar-refractivity contribution in [3.63, 3.8) is 0 Å². The number of aliphatic hydroxyl groups is 1. The number of hydrogen-bond acceptors (Lipinski definition) is 4. The van der Waals surface area contributed by atoms with E-state index in [0.717, 1.165) is 16.8 Å². The highest BCUT2D eigenvalue weighted by atomic mass is 16.3. The third kappa shape index (κ3) is 5.86. The molecule has 3 rings (SSSR count). The van der Waals surface area contributed by atoms with Gasteiger partial charge in [-0.3, -0.25) is 9.59 Å². The molecule has 0 bridgehead atoms. The van der Waals surface area contributed by atoms with E-state index < -0.39 is 0 Å². The van der Waals surface area contributed by atoms with Crippen LogP contribution in [0.5, 0.6) is 0 Å². The van der Waals surface area contributed by atoms with Crippen LogP contribution in [0.3, 0.4) is 0 Å². The number of likely N-dealkylation sites (N-methyl/N-ethyl adjacent to an activating group) is 1. The molecule has 6 heteroatoms. The summed E-state index contributed by atoms with van der Waals surface area (Å²) in [5.74, 6) is -0.264. The fourth-order valence-corrected chi connectivity index (χ4v) is 3.99. The first-order chi connectivity index (χ1) is 15.4. The zero-order valence-electron chi connectivity index (χ0n) is 18.8. The quantitative estimate of drug-likeness (QED) is 0.482. The van der Waals surface area contributed by atoms with Crippen LogP contribution in [0.15, 0.2) is 66.8 Å². The van der Waals surface area contributed by atoms with Crippen LogP contribution in [0.25, 0.3) is 6.08 Å². The molecule has 2 aromatic carbocycles. The van der Waals surface area contributed by atoms with E-state index in [-0.39, 0.29) is 36.4 Å². The van der Waals surface area contributed by atoms with Gasteiger partial charge in [-0.1, -0.05) is 68.5 Å². The number of carbonyl (C=O) groups excluding carboxylic acids is 2. The summed E-state index contributed by atoms with van der Waals surface area (Å²) in [4.78, 5) is 27.1. The van der Waals surface area contributed by atoms with Gasteiger partial charge >= 0.3 is 0 Å². The smallest absolute Gasteiger partial charge is 0.248 e. The summed E-state index contributed by atoms with van der Waals surface area (Å²) in [6, 6.07) is 14.8. The van der Waals surface area contributed by atoms with E-state index in [1.54, 1.807) is 6.08 Å². The SMILES string of the molecule is CC(C)C1C(=O)N[C@H](CO)Cc2ccc(NC(=O)/C=C/C=C/c3ccccc3)cc2N1C. The van der Waals surface area contributed by atoms with Gasteiger partial charge in [0.25, 0.3) is 0 Å². The Morgan fingerprint density at radius 3 is 2.66 bits per heavy atom. The molecule has 0 aromatic heterocycles. The first-order valence-corrected chi connectivity index (χ1v) is 10.9. The van der Waals surface area contributed by atoms with E-state index in [1.807, 2.05) is 86.5 Å². The molecular formula is C26H31N3O3. The van der Waals surface area contributed by atoms with Gasteiger partial charge in [-0.25, -0.2) is 0 Å². The van der Waals surface area contributed by atoms with Crippen molar-refractivity contribution in [2.45, 2.75) is 32.4 Å². The topological polar surface area (TPSA) is 81.7 Å². The van der Waals surface area contributed by atoms with Crippen LogP contribution in [0.2, 0.25) is 0 Å². The summed E-state index contributed by atoms with van der Waals surface area (Å²) >= 11 is 0. The van der Waals surface area contributed by atoms with Gasteiger partial charge < -0.3 is 20.6 Å². The Bertz CT molecular complexity index is 999. The monoisotopic (exact) mass is 433 g/mol. The molecule has 1 heterocycles. The second kappa shape index (κ2) is 10.8. The second-order valence-corrected chi connectivity index (χ2v) is 8.35. The first kappa shape index (κ1) is 23.3. The van der Waals surface area contributed by atoms with Gasteiger partial charge in [0.2, 0.25) is 11.8 Å². The minimum atomic E-state index is -0.378. The number of amides is 2. The molecule has 1 unspecified atom stereocenters. The molecule has 0 saturated carbocycles. The van der Waals surface area contributed by atoms with Gasteiger partial charge in [0.1, 0.15) is 6.04 Å². The summed E-state index contributed by atoms with van der Waals surface area (Å²) in [6.45, 7) is 3.87. The van der Waals surface area contributed by atoms with E-state index in [1.165, 1.54) is 6.08 Å². The number of carbonyl (C=O) groups is 2. The Morgan fingerprint density at radius 1 is 1.22 bits per heavy atom. The van der Waals surface area contributed by atoms with E-state index in [4.69, 9.17) is 0 Å². The number of anilines is 2. The number of nitrogens with one attached hydrogen (secondary N) is 2. The number of nitrogens with zero attached hydrogens (tertiary/aromatic N) is 1. The van der Waals surface area contributed by atoms with Crippen LogP contribution in [0.1, 0.15) is 25.0 Å². The van der Waals surface area contributed by atoms with Gasteiger partial charge in [-0.2, -0.15) is 0 Å². The van der Waals surface area contributed by atoms with E-state index in [2.05, 4.69) is 10.6 Å². The third-order valence-corrected chi connectivity index (χ3v) is 5.53. The second-order valence-electron chi connectivity index (χ2n) is 8.35. The molecule has 168 valence electrons. The van der Waals surface area contributed by atoms with Crippen molar-refractivity contribution in [1.29, 1.82) is 0 Å². The molecule has 1 aliphatic heterocycles. The lowest BCUT2D eigenvalue weighted by Crippen LogP contribution is -2.54. The van der Waals surface area contributed by atoms with Crippen molar-refractivity contribution in [3.05, 3.63) is 77.9 Å². The summed E-state index contributed by atoms with van der Waals surface area (Å²) in [5.41, 5.74) is 3.60. The highest BCUT2D eigenvalue weighted by Gasteiger charge is 2.32. The Morgan fingerprint density at radius 2 is 1.97 bits per heavy atom. The molecule has 6 nitrogen and oxygen atoms in total. The molecule has 32 heavy (non-hydrogen) atoms. The normalized spacial score (nSPS) is 19.0. The summed E-state index contributed by atoms with van der Waals surface area (Å²) in [7, 11) is 1.89. The summed E-state index contributed by atoms with van der Waals surface area (Å²) in [5, 5.41) is 15.5. The van der Waals surface area contributed by atoms with Crippen molar-refractivity contribution in [2.75, 3.05) is 23.9 Å². The maximum atomic E-state index is 12.8. The van der Waals surface area contributed by atoms with Crippen LogP contribution < -0.4 is 15.5 Å². The number of allylic oxidation sites excluding steroid dienone is 2. The molecular weight excluding hydrogens is 402 g/mol. The van der Waals surface area contributed by atoms with Crippen molar-refractivity contribution in [1.82, 2.24) is 5.32 Å². The first-order valence-electron chi connectivity index (χ1n) is 10.9. The highest BCUT2D eigenvalue weighted by Crippen LogP contribution is 2.30. The van der Waals surface area contributed by atoms with Gasteiger partial charge in [0, 0.05) is 24.5 Å². The molecule has 3 N–H and O–H groups in total. The predicted molar refractivity (Wildman–Crippen MR) is 129 cm³/mol. The van der Waals surface area contributed by atoms with Gasteiger partial charge in [0.05, 0.1) is 12.6 Å². The van der Waals surface area contributed by atoms with Crippen molar-refractivity contribution < 1.29 is 14.7 Å². The van der Waals surface area contributed by atoms with Crippen LogP contribution in [0, 0.1) is 5.92 Å². The number of aliphatic hydroxyl groups excluding tert-OH is 1. The fourth-order valence-electron chi connectivity index (χ4n) is 3.99. The Hall–Kier alpha value is -3.38. The lowest BCUT2D eigenvalue weighted by atomic mass is 9.95. The third-order valence-electron chi connectivity index (χ3n) is 5.53. The largest absolute Gasteiger partial charge is 0.394 e. The van der Waals surface area contributed by atoms with E-state index in [0.29, 0.717) is 12.1 Å². The standard InChI is InChI=1S/C26H31N3O3/c1-18(2)25-26(32)28-22(17-30)15-20-13-14-21(16-23(20)29(25)3)27-24(31)12-8-7-11-19-9-5-4-6-10-19/h4-14,16,18,22,25,30H,15,17H2,1-3H3,(H,27,31)(H,28,32)/b11-7+,12-8+/t22-,25?/m0/s1. The fraction of sp³-hybridized carbons (Fsp3) is 0.308. The lowest BCUT2D eigenvalue weighted by Gasteiger charge is -2.37. The minimum absolute atomic E-state index is 0.0721. The van der Waals surface area contributed by atoms with Crippen LogP contribution >= 0.6 is 0 Å². The number of rotatable bonds is 6. The molecule has 2 atom stereocenters. The van der Waals surface area contributed by atoms with Crippen LogP contribution in [0.4, 0.5) is 11.4 Å². The average molecular weight is 434 g/mol. The molecule has 0 spiro atoms. The van der Waals surface area contributed by atoms with Gasteiger partial charge in [0.15, 0.2) is 0 Å². The highest BCUT2D eigenvalue weighted by molar-refractivity contribution is 6.00. The van der Waals surface area contributed by atoms with Gasteiger partial charge in [-0.15, -0.1) is 0 Å². The number of fused-ring (bicyclic) bond motifs is 1. The molecule has 0 radical (unpaired) electrons. The average Bonchev–Trinajstić information content (AvgIpc) is 2.76. The van der Waals surface area contributed by atoms with Crippen LogP contribution in [-0.2, 0) is 16.0 Å². The van der Waals surface area contributed by atoms with Crippen molar-refractivity contribution in [2.24, 2.45) is 5.92 Å². The number of benzene rings is 2. The molecule has 0 fully saturated rings. The van der Waals surface area contributed by atoms with E-state index >= 15 is 0 Å². The van der Waals surface area contributed by atoms with Crippen LogP contribution in [-0.4, -0.2) is 42.7 Å². The minimum Gasteiger partial charge on any atom is -0.394 e. The van der Waals surface area contributed by atoms with Gasteiger partial charge in [-0.05, 0) is 35.6 Å². The Labute approximate surface area is 189 Å². The van der Waals surface area contributed by atoms with E-state index in [9.17, 15) is 14.7 Å². The summed E-state index contributed by atoms with van der Waals surface area (Å²) < 4.78 is 0. The Balaban J connectivity index is 1.77. The molecule has 2 amide bonds. The maximum Gasteiger partial charge on any atom is 0.248 e. The van der Waals surface area contributed by atoms with Crippen molar-refractivity contribution in [3.8, 4) is 0 Å². The summed E-state index contributed by atoms with van der Waals surface area (Å²) in [6.07, 6.45) is 7.45. The lowest BCUT2D eigenvalue weighted by molar-refractivity contribution is -0.124. The maximum absolute atomic E-state index is 12.8. The predicted octanol–water partition coefficient (Wildman–Crippen LogP) is 3.39. The Kier molecular flexibility index (Phi) is 7.84. The van der Waals surface area contributed by atoms with Crippen molar-refractivity contribution >= 4 is 29.3 Å². The molecule has 2 aromatic rings. The molecule has 1 aliphatic rings. The molecule has 0 aliphatic carbocycles. The molecule has 0 saturated heterocycles. The zero-order chi connectivity index (χ0) is 23.1. The number of hydrogen-bond donors (Lipinski definition) is 3. The zero-order valence-corrected chi connectivity index (χ0v) is 18.8.